The molecule has 0 aromatic heterocycles. The van der Waals surface area contributed by atoms with Gasteiger partial charge in [-0.05, 0) is 134 Å². The smallest absolute Gasteiger partial charge is 0.262 e. The van der Waals surface area contributed by atoms with E-state index >= 15 is 0 Å². The molecule has 0 heterocycles. The molecular weight excluding hydrogens is 610 g/mol. The van der Waals surface area contributed by atoms with Gasteiger partial charge in [0.2, 0.25) is 0 Å². The number of aryl methyl sites for hydroxylation is 2. The molecule has 0 saturated heterocycles. The van der Waals surface area contributed by atoms with Crippen LogP contribution in [0, 0.1) is 25.5 Å². The van der Waals surface area contributed by atoms with Crippen molar-refractivity contribution in [3.63, 3.8) is 0 Å². The largest absolute Gasteiger partial charge is 0.508 e. The quantitative estimate of drug-likeness (QED) is 0.161. The predicted molar refractivity (Wildman–Crippen MR) is 185 cm³/mol. The van der Waals surface area contributed by atoms with Crippen LogP contribution in [-0.4, -0.2) is 21.2 Å². The molecule has 8 heteroatoms. The zero-order valence-corrected chi connectivity index (χ0v) is 26.4. The van der Waals surface area contributed by atoms with E-state index in [0.29, 0.717) is 23.5 Å². The second kappa shape index (κ2) is 15.0. The van der Waals surface area contributed by atoms with Gasteiger partial charge in [-0.3, -0.25) is 9.69 Å². The molecule has 6 aromatic carbocycles. The van der Waals surface area contributed by atoms with E-state index in [4.69, 9.17) is 0 Å². The van der Waals surface area contributed by atoms with E-state index in [1.807, 2.05) is 12.1 Å². The fourth-order valence-corrected chi connectivity index (χ4v) is 4.90. The summed E-state index contributed by atoms with van der Waals surface area (Å²) in [6, 6.07) is 38.3. The van der Waals surface area contributed by atoms with Crippen molar-refractivity contribution in [1.82, 2.24) is 0 Å². The van der Waals surface area contributed by atoms with Crippen molar-refractivity contribution >= 4 is 28.7 Å². The topological polar surface area (TPSA) is 84.2 Å². The van der Waals surface area contributed by atoms with Crippen LogP contribution in [0.1, 0.15) is 27.0 Å². The van der Waals surface area contributed by atoms with E-state index in [1.165, 1.54) is 52.9 Å². The summed E-state index contributed by atoms with van der Waals surface area (Å²) in [5.74, 6) is -0.762. The lowest BCUT2D eigenvalue weighted by Crippen LogP contribution is -2.26. The molecule has 0 fully saturated rings. The number of halogens is 2. The summed E-state index contributed by atoms with van der Waals surface area (Å²) in [5.41, 5.74) is 5.89. The lowest BCUT2D eigenvalue weighted by Gasteiger charge is -2.25. The highest BCUT2D eigenvalue weighted by molar-refractivity contribution is 6.11. The molecule has 0 bridgehead atoms. The molecule has 6 aromatic rings. The zero-order chi connectivity index (χ0) is 34.2. The maximum Gasteiger partial charge on any atom is 0.262 e. The number of hydrogen-bond donors (Lipinski definition) is 3. The van der Waals surface area contributed by atoms with Crippen molar-refractivity contribution in [3.05, 3.63) is 173 Å². The summed E-state index contributed by atoms with van der Waals surface area (Å²) < 4.78 is 27.1. The number of hydrogen-bond acceptors (Lipinski definition) is 5. The van der Waals surface area contributed by atoms with Crippen LogP contribution in [0.2, 0.25) is 0 Å². The van der Waals surface area contributed by atoms with Gasteiger partial charge >= 0.3 is 0 Å². The van der Waals surface area contributed by atoms with E-state index in [9.17, 15) is 28.9 Å². The standard InChI is InChI=1S/C20H16FNO3.C20H18FNO/c1-13-2-3-14(12-19(13)21)20(25)22(15-4-8-17(23)9-5-15)16-6-10-18(24)11-7-16;1-15-2-4-16(5-3-15)14-22(18-8-6-17(21)7-9-18)19-10-12-20(23)13-11-19/h2-12,23-24H,1H3;2-13,23H,14H2,1H3. The van der Waals surface area contributed by atoms with Crippen molar-refractivity contribution in [1.29, 1.82) is 0 Å². The van der Waals surface area contributed by atoms with Gasteiger partial charge in [0.1, 0.15) is 28.9 Å². The summed E-state index contributed by atoms with van der Waals surface area (Å²) in [6.45, 7) is 4.35. The summed E-state index contributed by atoms with van der Waals surface area (Å²) in [6.07, 6.45) is 0. The monoisotopic (exact) mass is 644 g/mol. The van der Waals surface area contributed by atoms with Crippen molar-refractivity contribution in [2.45, 2.75) is 20.4 Å². The fraction of sp³-hybridized carbons (Fsp3) is 0.0750. The highest BCUT2D eigenvalue weighted by Crippen LogP contribution is 2.31. The van der Waals surface area contributed by atoms with Gasteiger partial charge in [-0.2, -0.15) is 0 Å². The van der Waals surface area contributed by atoms with Gasteiger partial charge in [-0.1, -0.05) is 35.9 Å². The highest BCUT2D eigenvalue weighted by atomic mass is 19.1. The predicted octanol–water partition coefficient (Wildman–Crippen LogP) is 9.70. The number of phenols is 3. The molecule has 0 spiro atoms. The SMILES string of the molecule is Cc1ccc(C(=O)N(c2ccc(O)cc2)c2ccc(O)cc2)cc1F.Cc1ccc(CN(c2ccc(O)cc2)c2ccc(F)cc2)cc1. The Morgan fingerprint density at radius 1 is 0.562 bits per heavy atom. The molecule has 6 rings (SSSR count). The number of rotatable bonds is 7. The number of benzene rings is 6. The zero-order valence-electron chi connectivity index (χ0n) is 26.4. The first-order chi connectivity index (χ1) is 23.1. The van der Waals surface area contributed by atoms with E-state index in [1.54, 1.807) is 67.6 Å². The Labute approximate surface area is 278 Å². The molecule has 0 aliphatic rings. The summed E-state index contributed by atoms with van der Waals surface area (Å²) in [7, 11) is 0. The third kappa shape index (κ3) is 8.35. The minimum atomic E-state index is -0.456. The molecule has 0 aliphatic heterocycles. The minimum absolute atomic E-state index is 0.0724. The first-order valence-electron chi connectivity index (χ1n) is 15.1. The van der Waals surface area contributed by atoms with Crippen molar-refractivity contribution in [2.75, 3.05) is 9.80 Å². The average molecular weight is 645 g/mol. The summed E-state index contributed by atoms with van der Waals surface area (Å²) >= 11 is 0. The average Bonchev–Trinajstić information content (AvgIpc) is 3.09. The maximum absolute atomic E-state index is 13.9. The van der Waals surface area contributed by atoms with Gasteiger partial charge in [-0.15, -0.1) is 0 Å². The van der Waals surface area contributed by atoms with Gasteiger partial charge in [0.05, 0.1) is 0 Å². The van der Waals surface area contributed by atoms with Gasteiger partial charge < -0.3 is 20.2 Å². The molecule has 0 aliphatic carbocycles. The molecule has 0 radical (unpaired) electrons. The molecule has 48 heavy (non-hydrogen) atoms. The Morgan fingerprint density at radius 3 is 1.46 bits per heavy atom. The van der Waals surface area contributed by atoms with Gasteiger partial charge in [0.15, 0.2) is 0 Å². The number of nitrogens with zero attached hydrogens (tertiary/aromatic N) is 2. The number of carbonyl (C=O) groups excluding carboxylic acids is 1. The van der Waals surface area contributed by atoms with Crippen molar-refractivity contribution in [3.8, 4) is 17.2 Å². The van der Waals surface area contributed by atoms with Crippen LogP contribution in [0.25, 0.3) is 0 Å². The van der Waals surface area contributed by atoms with E-state index in [-0.39, 0.29) is 28.6 Å². The Kier molecular flexibility index (Phi) is 10.4. The van der Waals surface area contributed by atoms with E-state index in [2.05, 4.69) is 36.1 Å². The highest BCUT2D eigenvalue weighted by Gasteiger charge is 2.21. The molecule has 0 atom stereocenters. The molecule has 1 amide bonds. The lowest BCUT2D eigenvalue weighted by molar-refractivity contribution is 0.0998. The molecule has 0 unspecified atom stereocenters. The molecule has 6 nitrogen and oxygen atoms in total. The molecule has 3 N–H and O–H groups in total. The van der Waals surface area contributed by atoms with Crippen LogP contribution in [0.4, 0.5) is 31.5 Å². The molecule has 242 valence electrons. The van der Waals surface area contributed by atoms with Crippen LogP contribution < -0.4 is 9.80 Å². The third-order valence-electron chi connectivity index (χ3n) is 7.60. The number of phenolic OH excluding ortho intramolecular Hbond substituents is 3. The van der Waals surface area contributed by atoms with E-state index < -0.39 is 11.7 Å². The molecular formula is C40H34F2N2O4. The minimum Gasteiger partial charge on any atom is -0.508 e. The number of carbonyl (C=O) groups is 1. The van der Waals surface area contributed by atoms with Crippen LogP contribution in [-0.2, 0) is 6.54 Å². The lowest BCUT2D eigenvalue weighted by atomic mass is 10.1. The number of anilines is 4. The Morgan fingerprint density at radius 2 is 1.00 bits per heavy atom. The summed E-state index contributed by atoms with van der Waals surface area (Å²) in [5, 5.41) is 28.5. The second-order valence-electron chi connectivity index (χ2n) is 11.2. The van der Waals surface area contributed by atoms with Crippen LogP contribution in [0.5, 0.6) is 17.2 Å². The fourth-order valence-electron chi connectivity index (χ4n) is 4.90. The van der Waals surface area contributed by atoms with E-state index in [0.717, 1.165) is 16.9 Å². The Balaban J connectivity index is 0.000000188. The van der Waals surface area contributed by atoms with Crippen molar-refractivity contribution in [2.24, 2.45) is 0 Å². The maximum atomic E-state index is 13.9. The first-order valence-corrected chi connectivity index (χ1v) is 15.1. The second-order valence-corrected chi connectivity index (χ2v) is 11.2. The Hall–Kier alpha value is -6.15. The summed E-state index contributed by atoms with van der Waals surface area (Å²) in [4.78, 5) is 16.5. The van der Waals surface area contributed by atoms with Crippen LogP contribution in [0.3, 0.4) is 0 Å². The van der Waals surface area contributed by atoms with Gasteiger partial charge in [-0.25, -0.2) is 8.78 Å². The third-order valence-corrected chi connectivity index (χ3v) is 7.60. The Bertz CT molecular complexity index is 1870. The molecule has 0 saturated carbocycles. The van der Waals surface area contributed by atoms with Gasteiger partial charge in [0.25, 0.3) is 5.91 Å². The van der Waals surface area contributed by atoms with Crippen LogP contribution in [0.15, 0.2) is 140 Å². The van der Waals surface area contributed by atoms with Crippen LogP contribution >= 0.6 is 0 Å². The van der Waals surface area contributed by atoms with Gasteiger partial charge in [0, 0.05) is 34.9 Å². The first kappa shape index (κ1) is 33.2. The normalized spacial score (nSPS) is 10.5. The number of amides is 1. The van der Waals surface area contributed by atoms with Crippen molar-refractivity contribution < 1.29 is 28.9 Å². The number of aromatic hydroxyl groups is 3.